The Labute approximate surface area is 126 Å². The quantitative estimate of drug-likeness (QED) is 0.907. The van der Waals surface area contributed by atoms with Gasteiger partial charge in [0, 0.05) is 18.2 Å². The predicted octanol–water partition coefficient (Wildman–Crippen LogP) is 2.05. The van der Waals surface area contributed by atoms with E-state index in [1.54, 1.807) is 6.07 Å². The van der Waals surface area contributed by atoms with Crippen molar-refractivity contribution in [1.82, 2.24) is 4.90 Å². The first-order valence-electron chi connectivity index (χ1n) is 7.25. The molecule has 1 heterocycles. The molecule has 1 aromatic rings. The Hall–Kier alpha value is -1.40. The summed E-state index contributed by atoms with van der Waals surface area (Å²) in [7, 11) is -3.80. The van der Waals surface area contributed by atoms with Gasteiger partial charge < -0.3 is 4.90 Å². The molecule has 0 saturated carbocycles. The van der Waals surface area contributed by atoms with Crippen LogP contribution in [0, 0.1) is 6.92 Å². The third-order valence-corrected chi connectivity index (χ3v) is 4.99. The topological polar surface area (TPSA) is 80.5 Å². The van der Waals surface area contributed by atoms with Crippen LogP contribution in [0.2, 0.25) is 0 Å². The van der Waals surface area contributed by atoms with Gasteiger partial charge in [-0.15, -0.1) is 0 Å². The Kier molecular flexibility index (Phi) is 4.68. The normalized spacial score (nSPS) is 20.1. The van der Waals surface area contributed by atoms with E-state index in [4.69, 9.17) is 5.14 Å². The summed E-state index contributed by atoms with van der Waals surface area (Å²) in [5.41, 5.74) is 1.19. The third-order valence-electron chi connectivity index (χ3n) is 4.08. The van der Waals surface area contributed by atoms with E-state index in [-0.39, 0.29) is 16.8 Å². The summed E-state index contributed by atoms with van der Waals surface area (Å²) in [4.78, 5) is 14.6. The number of carbonyl (C=O) groups is 1. The van der Waals surface area contributed by atoms with Gasteiger partial charge in [0.15, 0.2) is 0 Å². The highest BCUT2D eigenvalue weighted by Crippen LogP contribution is 2.22. The predicted molar refractivity (Wildman–Crippen MR) is 81.5 cm³/mol. The first-order chi connectivity index (χ1) is 9.80. The number of nitrogens with two attached hydrogens (primary N) is 1. The molecule has 1 aromatic carbocycles. The lowest BCUT2D eigenvalue weighted by atomic mass is 10.1. The second-order valence-corrected chi connectivity index (χ2v) is 7.28. The van der Waals surface area contributed by atoms with Crippen molar-refractivity contribution in [3.05, 3.63) is 29.3 Å². The van der Waals surface area contributed by atoms with Crippen LogP contribution in [0.3, 0.4) is 0 Å². The summed E-state index contributed by atoms with van der Waals surface area (Å²) >= 11 is 0. The van der Waals surface area contributed by atoms with E-state index in [1.807, 2.05) is 18.7 Å². The molecule has 0 aromatic heterocycles. The number of primary sulfonamides is 1. The summed E-state index contributed by atoms with van der Waals surface area (Å²) in [5.74, 6) is -0.104. The molecule has 0 spiro atoms. The lowest BCUT2D eigenvalue weighted by molar-refractivity contribution is 0.0697. The molecule has 5 nitrogen and oxygen atoms in total. The first-order valence-corrected chi connectivity index (χ1v) is 8.80. The van der Waals surface area contributed by atoms with Crippen molar-refractivity contribution < 1.29 is 13.2 Å². The van der Waals surface area contributed by atoms with Gasteiger partial charge in [0.25, 0.3) is 5.91 Å². The monoisotopic (exact) mass is 310 g/mol. The van der Waals surface area contributed by atoms with Crippen molar-refractivity contribution in [3.8, 4) is 0 Å². The maximum Gasteiger partial charge on any atom is 0.254 e. The van der Waals surface area contributed by atoms with Crippen LogP contribution in [0.1, 0.15) is 48.5 Å². The SMILES string of the molecule is Cc1ccc(S(N)(=O)=O)cc1C(=O)N1CCCCCC1C. The van der Waals surface area contributed by atoms with Gasteiger partial charge in [0.05, 0.1) is 4.90 Å². The Balaban J connectivity index is 2.38. The van der Waals surface area contributed by atoms with Gasteiger partial charge in [0.2, 0.25) is 10.0 Å². The zero-order valence-electron chi connectivity index (χ0n) is 12.5. The van der Waals surface area contributed by atoms with Crippen molar-refractivity contribution >= 4 is 15.9 Å². The lowest BCUT2D eigenvalue weighted by Crippen LogP contribution is -2.38. The summed E-state index contributed by atoms with van der Waals surface area (Å²) in [6, 6.07) is 4.64. The maximum absolute atomic E-state index is 12.8. The molecule has 1 saturated heterocycles. The molecule has 116 valence electrons. The van der Waals surface area contributed by atoms with Gasteiger partial charge in [-0.05, 0) is 44.4 Å². The molecule has 1 aliphatic rings. The highest BCUT2D eigenvalue weighted by atomic mass is 32.2. The van der Waals surface area contributed by atoms with Crippen LogP contribution >= 0.6 is 0 Å². The second-order valence-electron chi connectivity index (χ2n) is 5.72. The number of nitrogens with zero attached hydrogens (tertiary/aromatic N) is 1. The number of rotatable bonds is 2. The number of sulfonamides is 1. The molecule has 0 aliphatic carbocycles. The van der Waals surface area contributed by atoms with Crippen LogP contribution in [0.25, 0.3) is 0 Å². The van der Waals surface area contributed by atoms with E-state index < -0.39 is 10.0 Å². The largest absolute Gasteiger partial charge is 0.336 e. The Morgan fingerprint density at radius 1 is 1.29 bits per heavy atom. The minimum absolute atomic E-state index is 0.0149. The molecule has 2 rings (SSSR count). The standard InChI is InChI=1S/C15H22N2O3S/c1-11-7-8-13(21(16,19)20)10-14(11)15(18)17-9-5-3-4-6-12(17)2/h7-8,10,12H,3-6,9H2,1-2H3,(H2,16,19,20). The molecule has 1 aliphatic heterocycles. The number of amides is 1. The average Bonchev–Trinajstić information content (AvgIpc) is 2.62. The average molecular weight is 310 g/mol. The van der Waals surface area contributed by atoms with E-state index in [2.05, 4.69) is 0 Å². The molecule has 0 bridgehead atoms. The Morgan fingerprint density at radius 3 is 2.67 bits per heavy atom. The van der Waals surface area contributed by atoms with Crippen LogP contribution in [0.4, 0.5) is 0 Å². The Morgan fingerprint density at radius 2 is 2.00 bits per heavy atom. The number of benzene rings is 1. The van der Waals surface area contributed by atoms with Gasteiger partial charge >= 0.3 is 0 Å². The van der Waals surface area contributed by atoms with Crippen LogP contribution in [-0.4, -0.2) is 31.8 Å². The minimum Gasteiger partial charge on any atom is -0.336 e. The number of hydrogen-bond donors (Lipinski definition) is 1. The van der Waals surface area contributed by atoms with Crippen molar-refractivity contribution in [2.24, 2.45) is 5.14 Å². The van der Waals surface area contributed by atoms with E-state index >= 15 is 0 Å². The molecule has 1 amide bonds. The van der Waals surface area contributed by atoms with Gasteiger partial charge in [-0.2, -0.15) is 0 Å². The van der Waals surface area contributed by atoms with E-state index in [9.17, 15) is 13.2 Å². The van der Waals surface area contributed by atoms with Crippen LogP contribution in [0.15, 0.2) is 23.1 Å². The van der Waals surface area contributed by atoms with Crippen LogP contribution < -0.4 is 5.14 Å². The van der Waals surface area contributed by atoms with Crippen molar-refractivity contribution in [2.75, 3.05) is 6.54 Å². The van der Waals surface area contributed by atoms with Crippen LogP contribution in [-0.2, 0) is 10.0 Å². The molecule has 21 heavy (non-hydrogen) atoms. The van der Waals surface area contributed by atoms with Gasteiger partial charge in [-0.3, -0.25) is 4.79 Å². The molecule has 1 unspecified atom stereocenters. The molecular weight excluding hydrogens is 288 g/mol. The fourth-order valence-corrected chi connectivity index (χ4v) is 3.28. The second kappa shape index (κ2) is 6.15. The molecule has 6 heteroatoms. The maximum atomic E-state index is 12.8. The highest BCUT2D eigenvalue weighted by Gasteiger charge is 2.25. The third kappa shape index (κ3) is 3.63. The lowest BCUT2D eigenvalue weighted by Gasteiger charge is -2.28. The molecular formula is C15H22N2O3S. The van der Waals surface area contributed by atoms with Crippen molar-refractivity contribution in [2.45, 2.75) is 50.5 Å². The fraction of sp³-hybridized carbons (Fsp3) is 0.533. The number of aryl methyl sites for hydroxylation is 1. The zero-order valence-corrected chi connectivity index (χ0v) is 13.3. The molecule has 2 N–H and O–H groups in total. The minimum atomic E-state index is -3.80. The number of likely N-dealkylation sites (tertiary alicyclic amines) is 1. The summed E-state index contributed by atoms with van der Waals surface area (Å²) < 4.78 is 22.9. The van der Waals surface area contributed by atoms with E-state index in [0.29, 0.717) is 5.56 Å². The van der Waals surface area contributed by atoms with E-state index in [0.717, 1.165) is 37.8 Å². The van der Waals surface area contributed by atoms with E-state index in [1.165, 1.54) is 12.1 Å². The van der Waals surface area contributed by atoms with Gasteiger partial charge in [-0.1, -0.05) is 18.9 Å². The Bertz CT molecular complexity index is 640. The number of carbonyl (C=O) groups excluding carboxylic acids is 1. The molecule has 1 fully saturated rings. The van der Waals surface area contributed by atoms with Gasteiger partial charge in [-0.25, -0.2) is 13.6 Å². The number of hydrogen-bond acceptors (Lipinski definition) is 3. The summed E-state index contributed by atoms with van der Waals surface area (Å²) in [6.45, 7) is 4.57. The highest BCUT2D eigenvalue weighted by molar-refractivity contribution is 7.89. The van der Waals surface area contributed by atoms with Crippen molar-refractivity contribution in [1.29, 1.82) is 0 Å². The van der Waals surface area contributed by atoms with Crippen LogP contribution in [0.5, 0.6) is 0 Å². The smallest absolute Gasteiger partial charge is 0.254 e. The summed E-state index contributed by atoms with van der Waals surface area (Å²) in [6.07, 6.45) is 4.23. The van der Waals surface area contributed by atoms with Crippen molar-refractivity contribution in [3.63, 3.8) is 0 Å². The fourth-order valence-electron chi connectivity index (χ4n) is 2.74. The van der Waals surface area contributed by atoms with Gasteiger partial charge in [0.1, 0.15) is 0 Å². The summed E-state index contributed by atoms with van der Waals surface area (Å²) in [5, 5.41) is 5.15. The molecule has 1 atom stereocenters. The zero-order chi connectivity index (χ0) is 15.6. The first kappa shape index (κ1) is 16.0. The molecule has 0 radical (unpaired) electrons.